The average molecular weight is 735 g/mol. The number of amides is 3. The fraction of sp³-hybridized carbons (Fsp3) is 0.436. The van der Waals surface area contributed by atoms with E-state index in [4.69, 9.17) is 21.1 Å². The molecule has 0 saturated heterocycles. The van der Waals surface area contributed by atoms with E-state index in [1.807, 2.05) is 18.2 Å². The second-order valence-electron chi connectivity index (χ2n) is 14.2. The third kappa shape index (κ3) is 7.80. The number of aryl methyl sites for hydroxylation is 1. The summed E-state index contributed by atoms with van der Waals surface area (Å²) in [5.41, 5.74) is 3.97. The van der Waals surface area contributed by atoms with Crippen LogP contribution in [0.4, 0.5) is 14.9 Å². The Bertz CT molecular complexity index is 1950. The standard InChI is InChI=1S/C39H44ClFN4O5S/c1-49-35-7-3-2-4-19-51(48,44-38(47)42-22-26-8-13-31(41)14-9-26)43-37(46)28-11-17-36-34(21-28)45(23-29-10-15-32(29)35)24-39(25-50-36)18-5-6-27-20-30(40)12-16-33(27)39/h3,7-9,11-14,16-17,20-21,29,32,35H,2,4-6,10,15,18-19,22-25H2,1H3,(H2,42,43,44,46,47,48)/b7-3+/t29-,32+,35-,39-,51?/m0/s1. The molecular weight excluding hydrogens is 691 g/mol. The molecule has 12 heteroatoms. The number of fused-ring (bicyclic) bond motifs is 4. The number of ether oxygens (including phenoxy) is 2. The Balaban J connectivity index is 1.23. The number of rotatable bonds is 4. The Morgan fingerprint density at radius 2 is 1.98 bits per heavy atom. The highest BCUT2D eigenvalue weighted by molar-refractivity contribution is 7.92. The van der Waals surface area contributed by atoms with Crippen molar-refractivity contribution < 1.29 is 27.7 Å². The lowest BCUT2D eigenvalue weighted by molar-refractivity contribution is 0.0132. The number of carbonyl (C=O) groups is 2. The molecular formula is C39H44ClFN4O5S. The molecule has 2 N–H and O–H groups in total. The molecule has 1 unspecified atom stereocenters. The van der Waals surface area contributed by atoms with E-state index in [-0.39, 0.29) is 35.2 Å². The molecule has 1 spiro atoms. The van der Waals surface area contributed by atoms with Crippen LogP contribution in [0.25, 0.3) is 0 Å². The van der Waals surface area contributed by atoms with Crippen molar-refractivity contribution in [3.63, 3.8) is 0 Å². The Morgan fingerprint density at radius 1 is 1.14 bits per heavy atom. The van der Waals surface area contributed by atoms with Crippen molar-refractivity contribution in [3.8, 4) is 5.75 Å². The fourth-order valence-electron chi connectivity index (χ4n) is 8.08. The van der Waals surface area contributed by atoms with Gasteiger partial charge in [0.05, 0.1) is 24.2 Å². The van der Waals surface area contributed by atoms with Gasteiger partial charge in [0.2, 0.25) is 0 Å². The van der Waals surface area contributed by atoms with Gasteiger partial charge in [-0.1, -0.05) is 42.0 Å². The summed E-state index contributed by atoms with van der Waals surface area (Å²) >= 11 is 6.44. The molecule has 4 aliphatic rings. The van der Waals surface area contributed by atoms with Crippen LogP contribution in [0.1, 0.15) is 65.6 Å². The molecule has 9 nitrogen and oxygen atoms in total. The molecule has 1 fully saturated rings. The Kier molecular flexibility index (Phi) is 10.4. The van der Waals surface area contributed by atoms with Crippen LogP contribution in [-0.4, -0.2) is 54.8 Å². The molecule has 2 bridgehead atoms. The highest BCUT2D eigenvalue weighted by Gasteiger charge is 2.44. The van der Waals surface area contributed by atoms with Gasteiger partial charge in [0.1, 0.15) is 21.5 Å². The second kappa shape index (κ2) is 15.0. The largest absolute Gasteiger partial charge is 0.490 e. The van der Waals surface area contributed by atoms with Gasteiger partial charge in [-0.25, -0.2) is 13.4 Å². The van der Waals surface area contributed by atoms with Crippen molar-refractivity contribution in [2.75, 3.05) is 37.5 Å². The van der Waals surface area contributed by atoms with Crippen LogP contribution in [0.3, 0.4) is 0 Å². The highest BCUT2D eigenvalue weighted by Crippen LogP contribution is 2.47. The number of urea groups is 1. The van der Waals surface area contributed by atoms with Crippen molar-refractivity contribution in [1.82, 2.24) is 10.0 Å². The number of anilines is 1. The van der Waals surface area contributed by atoms with Crippen LogP contribution in [0, 0.1) is 17.7 Å². The first-order chi connectivity index (χ1) is 24.6. The Hall–Kier alpha value is -3.93. The predicted molar refractivity (Wildman–Crippen MR) is 197 cm³/mol. The quantitative estimate of drug-likeness (QED) is 0.271. The van der Waals surface area contributed by atoms with E-state index in [1.165, 1.54) is 23.3 Å². The summed E-state index contributed by atoms with van der Waals surface area (Å²) in [4.78, 5) is 29.2. The first-order valence-corrected chi connectivity index (χ1v) is 19.8. The number of hydrogen-bond donors (Lipinski definition) is 2. The number of nitrogens with zero attached hydrogens (tertiary/aromatic N) is 2. The molecule has 2 heterocycles. The van der Waals surface area contributed by atoms with E-state index in [9.17, 15) is 18.2 Å². The minimum absolute atomic E-state index is 0.0249. The number of halogens is 2. The number of carbonyl (C=O) groups excluding carboxylic acids is 2. The maximum atomic E-state index is 14.2. The molecule has 270 valence electrons. The van der Waals surface area contributed by atoms with E-state index in [0.717, 1.165) is 49.4 Å². The summed E-state index contributed by atoms with van der Waals surface area (Å²) in [6.45, 7) is 2.04. The molecule has 2 aliphatic carbocycles. The van der Waals surface area contributed by atoms with Crippen LogP contribution in [0.2, 0.25) is 5.02 Å². The lowest BCUT2D eigenvalue weighted by Gasteiger charge is -2.46. The predicted octanol–water partition coefficient (Wildman–Crippen LogP) is 7.37. The van der Waals surface area contributed by atoms with Gasteiger partial charge in [-0.3, -0.25) is 9.52 Å². The van der Waals surface area contributed by atoms with E-state index >= 15 is 0 Å². The zero-order chi connectivity index (χ0) is 35.6. The maximum Gasteiger partial charge on any atom is 0.327 e. The third-order valence-electron chi connectivity index (χ3n) is 10.9. The van der Waals surface area contributed by atoms with Crippen LogP contribution in [-0.2, 0) is 33.0 Å². The second-order valence-corrected chi connectivity index (χ2v) is 16.7. The molecule has 5 atom stereocenters. The molecule has 2 aliphatic heterocycles. The van der Waals surface area contributed by atoms with Crippen molar-refractivity contribution >= 4 is 39.1 Å². The highest BCUT2D eigenvalue weighted by atomic mass is 35.5. The Morgan fingerprint density at radius 3 is 2.76 bits per heavy atom. The summed E-state index contributed by atoms with van der Waals surface area (Å²) in [5.74, 6) is 0.304. The zero-order valence-electron chi connectivity index (χ0n) is 28.7. The van der Waals surface area contributed by atoms with Crippen LogP contribution in [0.15, 0.2) is 77.2 Å². The molecule has 1 saturated carbocycles. The maximum absolute atomic E-state index is 14.2. The monoisotopic (exact) mass is 734 g/mol. The number of allylic oxidation sites excluding steroid dienone is 1. The molecule has 0 aromatic heterocycles. The summed E-state index contributed by atoms with van der Waals surface area (Å²) in [5, 5.41) is 3.38. The summed E-state index contributed by atoms with van der Waals surface area (Å²) < 4.78 is 46.8. The average Bonchev–Trinajstić information content (AvgIpc) is 3.25. The number of hydrogen-bond acceptors (Lipinski definition) is 6. The van der Waals surface area contributed by atoms with Gasteiger partial charge in [0.15, 0.2) is 0 Å². The van der Waals surface area contributed by atoms with Gasteiger partial charge in [-0.15, -0.1) is 4.36 Å². The minimum atomic E-state index is -3.52. The van der Waals surface area contributed by atoms with Gasteiger partial charge in [-0.2, -0.15) is 0 Å². The van der Waals surface area contributed by atoms with Crippen molar-refractivity contribution in [2.45, 2.75) is 63.0 Å². The van der Waals surface area contributed by atoms with Crippen LogP contribution < -0.4 is 19.7 Å². The summed E-state index contributed by atoms with van der Waals surface area (Å²) in [7, 11) is -1.78. The lowest BCUT2D eigenvalue weighted by Crippen LogP contribution is -2.49. The summed E-state index contributed by atoms with van der Waals surface area (Å²) in [6, 6.07) is 16.4. The summed E-state index contributed by atoms with van der Waals surface area (Å²) in [6.07, 6.45) is 10.1. The SMILES string of the molecule is CO[C@H]1/C=C/CCCS(=O)(NC(=O)NCc2ccc(F)cc2)=NC(=O)c2ccc3c(c2)N(C[C@@H]2CC[C@H]21)C[C@@]1(CCCc2cc(Cl)ccc21)CO3. The smallest absolute Gasteiger partial charge is 0.327 e. The van der Waals surface area contributed by atoms with E-state index in [1.54, 1.807) is 31.4 Å². The van der Waals surface area contributed by atoms with Gasteiger partial charge in [0.25, 0.3) is 5.91 Å². The lowest BCUT2D eigenvalue weighted by atomic mass is 9.68. The van der Waals surface area contributed by atoms with E-state index in [2.05, 4.69) is 37.5 Å². The fourth-order valence-corrected chi connectivity index (χ4v) is 9.81. The zero-order valence-corrected chi connectivity index (χ0v) is 30.3. The molecule has 0 radical (unpaired) electrons. The van der Waals surface area contributed by atoms with Gasteiger partial charge in [-0.05, 0) is 116 Å². The number of methoxy groups -OCH3 is 1. The van der Waals surface area contributed by atoms with Gasteiger partial charge < -0.3 is 19.7 Å². The normalized spacial score (nSPS) is 28.2. The molecule has 3 aromatic carbocycles. The molecule has 7 rings (SSSR count). The third-order valence-corrected chi connectivity index (χ3v) is 12.9. The van der Waals surface area contributed by atoms with Gasteiger partial charge in [0, 0.05) is 42.7 Å². The number of benzene rings is 3. The van der Waals surface area contributed by atoms with Crippen molar-refractivity contribution in [3.05, 3.63) is 106 Å². The molecule has 3 aromatic rings. The van der Waals surface area contributed by atoms with Crippen molar-refractivity contribution in [2.24, 2.45) is 16.2 Å². The van der Waals surface area contributed by atoms with E-state index in [0.29, 0.717) is 49.1 Å². The molecule has 3 amide bonds. The molecule has 51 heavy (non-hydrogen) atoms. The van der Waals surface area contributed by atoms with E-state index < -0.39 is 21.9 Å². The first kappa shape index (κ1) is 35.5. The van der Waals surface area contributed by atoms with Crippen LogP contribution in [0.5, 0.6) is 5.75 Å². The van der Waals surface area contributed by atoms with Gasteiger partial charge >= 0.3 is 6.03 Å². The first-order valence-electron chi connectivity index (χ1n) is 17.7. The topological polar surface area (TPSA) is 109 Å². The Labute approximate surface area is 304 Å². The van der Waals surface area contributed by atoms with Crippen LogP contribution >= 0.6 is 11.6 Å². The minimum Gasteiger partial charge on any atom is -0.490 e. The number of nitrogens with one attached hydrogen (secondary N) is 2. The van der Waals surface area contributed by atoms with Crippen molar-refractivity contribution in [1.29, 1.82) is 0 Å².